The monoisotopic (exact) mass is 303 g/mol. The maximum Gasteiger partial charge on any atom is 0.331 e. The molecule has 0 aromatic heterocycles. The number of nitrogens with one attached hydrogen (secondary N) is 1. The van der Waals surface area contributed by atoms with Gasteiger partial charge in [-0.25, -0.2) is 4.79 Å². The molecule has 0 spiro atoms. The van der Waals surface area contributed by atoms with E-state index in [-0.39, 0.29) is 6.42 Å². The molecule has 122 valence electrons. The van der Waals surface area contributed by atoms with Crippen LogP contribution in [0.3, 0.4) is 0 Å². The van der Waals surface area contributed by atoms with Gasteiger partial charge in [-0.2, -0.15) is 0 Å². The van der Waals surface area contributed by atoms with Gasteiger partial charge in [0.15, 0.2) is 6.04 Å². The van der Waals surface area contributed by atoms with Crippen LogP contribution in [0.15, 0.2) is 0 Å². The average Bonchev–Trinajstić information content (AvgIpc) is 2.31. The predicted molar refractivity (Wildman–Crippen MR) is 76.0 cm³/mol. The van der Waals surface area contributed by atoms with Crippen molar-refractivity contribution in [3.8, 4) is 0 Å². The Bertz CT molecular complexity index is 392. The van der Waals surface area contributed by atoms with Crippen LogP contribution >= 0.6 is 0 Å². The zero-order valence-corrected chi connectivity index (χ0v) is 13.1. The third kappa shape index (κ3) is 7.62. The summed E-state index contributed by atoms with van der Waals surface area (Å²) in [4.78, 5) is 34.4. The van der Waals surface area contributed by atoms with Crippen LogP contribution < -0.4 is 16.8 Å². The summed E-state index contributed by atoms with van der Waals surface area (Å²) in [7, 11) is 1.20. The summed E-state index contributed by atoms with van der Waals surface area (Å²) < 4.78 is 10.3. The Morgan fingerprint density at radius 1 is 1.24 bits per heavy atom. The smallest absolute Gasteiger partial charge is 0.331 e. The number of amides is 2. The molecule has 0 fully saturated rings. The zero-order chi connectivity index (χ0) is 16.8. The van der Waals surface area contributed by atoms with E-state index in [0.29, 0.717) is 0 Å². The quantitative estimate of drug-likeness (QED) is 0.519. The van der Waals surface area contributed by atoms with Crippen LogP contribution in [0.5, 0.6) is 0 Å². The van der Waals surface area contributed by atoms with Crippen molar-refractivity contribution in [1.29, 1.82) is 0 Å². The van der Waals surface area contributed by atoms with Crippen molar-refractivity contribution < 1.29 is 23.9 Å². The summed E-state index contributed by atoms with van der Waals surface area (Å²) in [5.74, 6) is -2.04. The Morgan fingerprint density at radius 2 is 1.76 bits per heavy atom. The number of carbonyl (C=O) groups is 3. The van der Waals surface area contributed by atoms with Crippen molar-refractivity contribution in [3.63, 3.8) is 0 Å². The van der Waals surface area contributed by atoms with Crippen LogP contribution in [0.4, 0.5) is 0 Å². The van der Waals surface area contributed by atoms with E-state index >= 15 is 0 Å². The summed E-state index contributed by atoms with van der Waals surface area (Å²) in [5.41, 5.74) is 10.00. The van der Waals surface area contributed by atoms with E-state index in [1.165, 1.54) is 7.11 Å². The molecule has 0 rings (SSSR count). The molecule has 0 aliphatic rings. The van der Waals surface area contributed by atoms with Gasteiger partial charge in [0.05, 0.1) is 31.3 Å². The minimum atomic E-state index is -1.13. The largest absolute Gasteiger partial charge is 0.467 e. The first kappa shape index (κ1) is 19.3. The summed E-state index contributed by atoms with van der Waals surface area (Å²) in [6.45, 7) is 7.09. The number of hydrogen-bond acceptors (Lipinski definition) is 6. The third-order valence-corrected chi connectivity index (χ3v) is 2.52. The minimum Gasteiger partial charge on any atom is -0.467 e. The van der Waals surface area contributed by atoms with Gasteiger partial charge >= 0.3 is 5.97 Å². The lowest BCUT2D eigenvalue weighted by Gasteiger charge is -2.30. The van der Waals surface area contributed by atoms with Gasteiger partial charge < -0.3 is 26.3 Å². The molecule has 21 heavy (non-hydrogen) atoms. The fourth-order valence-electron chi connectivity index (χ4n) is 1.69. The molecule has 0 aliphatic heterocycles. The van der Waals surface area contributed by atoms with Crippen molar-refractivity contribution >= 4 is 17.8 Å². The number of rotatable bonds is 7. The number of ether oxygens (including phenoxy) is 2. The highest BCUT2D eigenvalue weighted by Crippen LogP contribution is 2.14. The number of primary amides is 1. The first-order valence-electron chi connectivity index (χ1n) is 6.58. The van der Waals surface area contributed by atoms with E-state index in [4.69, 9.17) is 16.2 Å². The fourth-order valence-corrected chi connectivity index (χ4v) is 1.69. The normalized spacial score (nSPS) is 15.7. The summed E-state index contributed by atoms with van der Waals surface area (Å²) in [6, 6.07) is -2.16. The van der Waals surface area contributed by atoms with Gasteiger partial charge in [-0.15, -0.1) is 0 Å². The maximum absolute atomic E-state index is 11.9. The standard InChI is InChI=1S/C13H25N3O5/c1-7(21-13(2,3)4)10(12(19)20-5)16-11(18)8(14)6-9(15)17/h7-8,10H,6,14H2,1-5H3,(H2,15,17)(H,16,18)/t7-,8+,10+/m1/s1. The van der Waals surface area contributed by atoms with Gasteiger partial charge in [-0.1, -0.05) is 0 Å². The van der Waals surface area contributed by atoms with Gasteiger partial charge in [0.25, 0.3) is 0 Å². The van der Waals surface area contributed by atoms with E-state index in [1.807, 2.05) is 20.8 Å². The Hall–Kier alpha value is -1.67. The fraction of sp³-hybridized carbons (Fsp3) is 0.769. The molecule has 0 saturated carbocycles. The highest BCUT2D eigenvalue weighted by Gasteiger charge is 2.32. The number of nitrogens with two attached hydrogens (primary N) is 2. The number of methoxy groups -OCH3 is 1. The maximum atomic E-state index is 11.9. The lowest BCUT2D eigenvalue weighted by molar-refractivity contribution is -0.153. The van der Waals surface area contributed by atoms with Crippen LogP contribution in [0.2, 0.25) is 0 Å². The minimum absolute atomic E-state index is 0.311. The Morgan fingerprint density at radius 3 is 2.14 bits per heavy atom. The van der Waals surface area contributed by atoms with E-state index in [0.717, 1.165) is 0 Å². The van der Waals surface area contributed by atoms with E-state index < -0.39 is 41.6 Å². The lowest BCUT2D eigenvalue weighted by Crippen LogP contribution is -2.55. The average molecular weight is 303 g/mol. The predicted octanol–water partition coefficient (Wildman–Crippen LogP) is -0.949. The molecule has 8 heteroatoms. The van der Waals surface area contributed by atoms with Crippen molar-refractivity contribution in [2.45, 2.75) is 57.9 Å². The molecule has 0 saturated heterocycles. The highest BCUT2D eigenvalue weighted by molar-refractivity contribution is 5.90. The zero-order valence-electron chi connectivity index (χ0n) is 13.1. The molecule has 8 nitrogen and oxygen atoms in total. The summed E-state index contributed by atoms with van der Waals surface area (Å²) in [5, 5.41) is 2.42. The molecule has 0 unspecified atom stereocenters. The molecule has 0 bridgehead atoms. The molecular weight excluding hydrogens is 278 g/mol. The molecule has 0 heterocycles. The van der Waals surface area contributed by atoms with Gasteiger partial charge in [0, 0.05) is 0 Å². The Balaban J connectivity index is 4.89. The third-order valence-electron chi connectivity index (χ3n) is 2.52. The van der Waals surface area contributed by atoms with Gasteiger partial charge in [0.2, 0.25) is 11.8 Å². The van der Waals surface area contributed by atoms with E-state index in [9.17, 15) is 14.4 Å². The van der Waals surface area contributed by atoms with Crippen LogP contribution in [-0.4, -0.2) is 48.7 Å². The molecule has 0 aromatic rings. The van der Waals surface area contributed by atoms with Gasteiger partial charge in [0.1, 0.15) is 0 Å². The number of hydrogen-bond donors (Lipinski definition) is 3. The van der Waals surface area contributed by atoms with Crippen LogP contribution in [0, 0.1) is 0 Å². The molecule has 2 amide bonds. The second-order valence-electron chi connectivity index (χ2n) is 5.72. The second-order valence-corrected chi connectivity index (χ2v) is 5.72. The SMILES string of the molecule is COC(=O)[C@@H](NC(=O)[C@@H](N)CC(N)=O)[C@@H](C)OC(C)(C)C. The van der Waals surface area contributed by atoms with E-state index in [2.05, 4.69) is 10.1 Å². The topological polar surface area (TPSA) is 134 Å². The van der Waals surface area contributed by atoms with Crippen molar-refractivity contribution in [3.05, 3.63) is 0 Å². The van der Waals surface area contributed by atoms with E-state index in [1.54, 1.807) is 6.92 Å². The number of carbonyl (C=O) groups excluding carboxylic acids is 3. The first-order valence-corrected chi connectivity index (χ1v) is 6.58. The molecule has 3 atom stereocenters. The van der Waals surface area contributed by atoms with Crippen LogP contribution in [0.25, 0.3) is 0 Å². The Kier molecular flexibility index (Phi) is 7.31. The molecule has 0 radical (unpaired) electrons. The van der Waals surface area contributed by atoms with Crippen LogP contribution in [0.1, 0.15) is 34.1 Å². The lowest BCUT2D eigenvalue weighted by atomic mass is 10.1. The molecule has 0 aromatic carbocycles. The van der Waals surface area contributed by atoms with Crippen molar-refractivity contribution in [1.82, 2.24) is 5.32 Å². The summed E-state index contributed by atoms with van der Waals surface area (Å²) >= 11 is 0. The summed E-state index contributed by atoms with van der Waals surface area (Å²) in [6.07, 6.45) is -0.948. The molecule has 0 aliphatic carbocycles. The molecule has 5 N–H and O–H groups in total. The van der Waals surface area contributed by atoms with Crippen molar-refractivity contribution in [2.75, 3.05) is 7.11 Å². The Labute approximate surface area is 124 Å². The highest BCUT2D eigenvalue weighted by atomic mass is 16.5. The first-order chi connectivity index (χ1) is 9.47. The molecular formula is C13H25N3O5. The van der Waals surface area contributed by atoms with Crippen LogP contribution in [-0.2, 0) is 23.9 Å². The van der Waals surface area contributed by atoms with Gasteiger partial charge in [-0.3, -0.25) is 9.59 Å². The number of esters is 1. The van der Waals surface area contributed by atoms with Gasteiger partial charge in [-0.05, 0) is 27.7 Å². The van der Waals surface area contributed by atoms with Crippen molar-refractivity contribution in [2.24, 2.45) is 11.5 Å². The second kappa shape index (κ2) is 7.94.